The van der Waals surface area contributed by atoms with E-state index in [0.717, 1.165) is 26.2 Å². The first kappa shape index (κ1) is 23.2. The second-order valence-electron chi connectivity index (χ2n) is 7.64. The molecule has 2 aromatic rings. The van der Waals surface area contributed by atoms with Gasteiger partial charge in [0, 0.05) is 87.5 Å². The van der Waals surface area contributed by atoms with Gasteiger partial charge in [0.2, 0.25) is 0 Å². The molecule has 1 fully saturated rings. The van der Waals surface area contributed by atoms with Crippen LogP contribution in [0, 0.1) is 20.2 Å². The number of Topliss-reactive ketones (excluding diaryl/α,β-unsaturated/α-hetero) is 2. The van der Waals surface area contributed by atoms with E-state index >= 15 is 0 Å². The number of carbonyl (C=O) groups excluding carboxylic acids is 2. The maximum Gasteiger partial charge on any atom is 0.269 e. The average Bonchev–Trinajstić information content (AvgIpc) is 2.81. The van der Waals surface area contributed by atoms with Gasteiger partial charge < -0.3 is 9.80 Å². The van der Waals surface area contributed by atoms with Crippen LogP contribution in [-0.2, 0) is 0 Å². The van der Waals surface area contributed by atoms with Gasteiger partial charge in [0.1, 0.15) is 0 Å². The molecule has 10 nitrogen and oxygen atoms in total. The molecule has 1 aliphatic rings. The van der Waals surface area contributed by atoms with Crippen LogP contribution in [0.2, 0.25) is 0 Å². The minimum Gasteiger partial charge on any atom is -0.300 e. The Labute approximate surface area is 184 Å². The Balaban J connectivity index is 1.37. The summed E-state index contributed by atoms with van der Waals surface area (Å²) in [4.78, 5) is 49.4. The quantitative estimate of drug-likeness (QED) is 0.313. The molecule has 0 bridgehead atoms. The largest absolute Gasteiger partial charge is 0.300 e. The van der Waals surface area contributed by atoms with E-state index in [1.54, 1.807) is 0 Å². The van der Waals surface area contributed by atoms with Crippen molar-refractivity contribution < 1.29 is 19.4 Å². The van der Waals surface area contributed by atoms with Crippen LogP contribution in [0.4, 0.5) is 11.4 Å². The van der Waals surface area contributed by atoms with E-state index in [1.165, 1.54) is 48.5 Å². The summed E-state index contributed by atoms with van der Waals surface area (Å²) in [7, 11) is 0. The zero-order valence-electron chi connectivity index (χ0n) is 17.5. The highest BCUT2D eigenvalue weighted by Crippen LogP contribution is 2.15. The van der Waals surface area contributed by atoms with Crippen LogP contribution in [-0.4, -0.2) is 70.5 Å². The van der Waals surface area contributed by atoms with Crippen molar-refractivity contribution in [2.75, 3.05) is 39.3 Å². The van der Waals surface area contributed by atoms with Crippen molar-refractivity contribution in [3.05, 3.63) is 79.9 Å². The van der Waals surface area contributed by atoms with Gasteiger partial charge >= 0.3 is 0 Å². The highest BCUT2D eigenvalue weighted by Gasteiger charge is 2.19. The summed E-state index contributed by atoms with van der Waals surface area (Å²) in [6.07, 6.45) is 0.687. The normalized spacial score (nSPS) is 14.8. The molecule has 0 atom stereocenters. The van der Waals surface area contributed by atoms with E-state index < -0.39 is 9.85 Å². The molecule has 3 rings (SSSR count). The van der Waals surface area contributed by atoms with Gasteiger partial charge in [-0.05, 0) is 24.3 Å². The summed E-state index contributed by atoms with van der Waals surface area (Å²) in [5.41, 5.74) is 0.868. The number of ketones is 2. The van der Waals surface area contributed by atoms with Crippen LogP contribution >= 0.6 is 0 Å². The summed E-state index contributed by atoms with van der Waals surface area (Å²) in [6.45, 7) is 4.40. The Morgan fingerprint density at radius 3 is 1.25 bits per heavy atom. The number of piperazine rings is 1. The Morgan fingerprint density at radius 1 is 0.656 bits per heavy atom. The summed E-state index contributed by atoms with van der Waals surface area (Å²) >= 11 is 0. The van der Waals surface area contributed by atoms with Gasteiger partial charge in [-0.3, -0.25) is 29.8 Å². The van der Waals surface area contributed by atoms with E-state index in [4.69, 9.17) is 0 Å². The third-order valence-electron chi connectivity index (χ3n) is 5.58. The molecule has 0 spiro atoms. The average molecular weight is 440 g/mol. The summed E-state index contributed by atoms with van der Waals surface area (Å²) in [5, 5.41) is 21.4. The van der Waals surface area contributed by atoms with Gasteiger partial charge in [-0.2, -0.15) is 0 Å². The van der Waals surface area contributed by atoms with Crippen LogP contribution in [0.25, 0.3) is 0 Å². The SMILES string of the molecule is O=C(CCN1CCN(CCC(=O)c2ccc([N+](=O)[O-])cc2)CC1)c1ccc([N+](=O)[O-])cc1. The van der Waals surface area contributed by atoms with E-state index in [-0.39, 0.29) is 22.9 Å². The fourth-order valence-electron chi connectivity index (χ4n) is 3.58. The molecule has 1 heterocycles. The number of nitrogens with zero attached hydrogens (tertiary/aromatic N) is 4. The number of hydrogen-bond donors (Lipinski definition) is 0. The molecule has 0 saturated carbocycles. The Bertz CT molecular complexity index is 901. The van der Waals surface area contributed by atoms with Crippen LogP contribution in [0.3, 0.4) is 0 Å². The van der Waals surface area contributed by atoms with Crippen molar-refractivity contribution in [2.24, 2.45) is 0 Å². The molecule has 2 aromatic carbocycles. The highest BCUT2D eigenvalue weighted by molar-refractivity contribution is 5.96. The minimum absolute atomic E-state index is 0.0373. The first-order chi connectivity index (χ1) is 15.3. The van der Waals surface area contributed by atoms with Crippen LogP contribution in [0.15, 0.2) is 48.5 Å². The van der Waals surface area contributed by atoms with Gasteiger partial charge in [0.05, 0.1) is 9.85 Å². The number of carbonyl (C=O) groups is 2. The molecule has 0 aromatic heterocycles. The van der Waals surface area contributed by atoms with Gasteiger partial charge in [-0.1, -0.05) is 0 Å². The minimum atomic E-state index is -0.493. The molecule has 0 amide bonds. The fraction of sp³-hybridized carbons (Fsp3) is 0.364. The molecule has 0 radical (unpaired) electrons. The molecule has 0 unspecified atom stereocenters. The number of nitro groups is 2. The van der Waals surface area contributed by atoms with Crippen molar-refractivity contribution in [2.45, 2.75) is 12.8 Å². The number of hydrogen-bond acceptors (Lipinski definition) is 8. The Kier molecular flexibility index (Phi) is 7.74. The monoisotopic (exact) mass is 440 g/mol. The van der Waals surface area contributed by atoms with E-state index in [9.17, 15) is 29.8 Å². The molecule has 1 aliphatic heterocycles. The summed E-state index contributed by atoms with van der Waals surface area (Å²) in [6, 6.07) is 11.3. The van der Waals surface area contributed by atoms with Crippen LogP contribution in [0.5, 0.6) is 0 Å². The molecule has 168 valence electrons. The molecular weight excluding hydrogens is 416 g/mol. The van der Waals surface area contributed by atoms with Gasteiger partial charge in [0.25, 0.3) is 11.4 Å². The van der Waals surface area contributed by atoms with Crippen molar-refractivity contribution in [1.29, 1.82) is 0 Å². The second-order valence-corrected chi connectivity index (χ2v) is 7.64. The Hall–Kier alpha value is -3.50. The van der Waals surface area contributed by atoms with Gasteiger partial charge in [-0.15, -0.1) is 0 Å². The molecule has 0 aliphatic carbocycles. The van der Waals surface area contributed by atoms with E-state index in [1.807, 2.05) is 0 Å². The van der Waals surface area contributed by atoms with Crippen molar-refractivity contribution >= 4 is 22.9 Å². The van der Waals surface area contributed by atoms with Crippen molar-refractivity contribution in [3.63, 3.8) is 0 Å². The predicted octanol–water partition coefficient (Wildman–Crippen LogP) is 2.97. The second kappa shape index (κ2) is 10.7. The lowest BCUT2D eigenvalue weighted by atomic mass is 10.1. The van der Waals surface area contributed by atoms with Crippen molar-refractivity contribution in [1.82, 2.24) is 9.80 Å². The highest BCUT2D eigenvalue weighted by atomic mass is 16.6. The van der Waals surface area contributed by atoms with E-state index in [2.05, 4.69) is 9.80 Å². The molecular formula is C22H24N4O6. The number of rotatable bonds is 10. The van der Waals surface area contributed by atoms with Crippen molar-refractivity contribution in [3.8, 4) is 0 Å². The number of benzene rings is 2. The first-order valence-corrected chi connectivity index (χ1v) is 10.3. The first-order valence-electron chi connectivity index (χ1n) is 10.3. The molecule has 10 heteroatoms. The van der Waals surface area contributed by atoms with Gasteiger partial charge in [-0.25, -0.2) is 0 Å². The summed E-state index contributed by atoms with van der Waals surface area (Å²) in [5.74, 6) is -0.0907. The topological polar surface area (TPSA) is 127 Å². The fourth-order valence-corrected chi connectivity index (χ4v) is 3.58. The number of nitro benzene ring substituents is 2. The maximum absolute atomic E-state index is 12.3. The van der Waals surface area contributed by atoms with Crippen LogP contribution in [0.1, 0.15) is 33.6 Å². The van der Waals surface area contributed by atoms with E-state index in [0.29, 0.717) is 37.1 Å². The summed E-state index contributed by atoms with van der Waals surface area (Å²) < 4.78 is 0. The standard InChI is InChI=1S/C22H24N4O6/c27-21(17-1-5-19(6-2-17)25(29)30)9-11-23-13-15-24(16-14-23)12-10-22(28)18-3-7-20(8-4-18)26(31)32/h1-8H,9-16H2. The third-order valence-corrected chi connectivity index (χ3v) is 5.58. The third kappa shape index (κ3) is 6.25. The lowest BCUT2D eigenvalue weighted by Crippen LogP contribution is -2.47. The number of non-ortho nitro benzene ring substituents is 2. The molecule has 1 saturated heterocycles. The maximum atomic E-state index is 12.3. The van der Waals surface area contributed by atoms with Crippen LogP contribution < -0.4 is 0 Å². The zero-order chi connectivity index (χ0) is 23.1. The Morgan fingerprint density at radius 2 is 0.969 bits per heavy atom. The zero-order valence-corrected chi connectivity index (χ0v) is 17.5. The lowest BCUT2D eigenvalue weighted by molar-refractivity contribution is -0.385. The molecule has 0 N–H and O–H groups in total. The molecule has 32 heavy (non-hydrogen) atoms. The smallest absolute Gasteiger partial charge is 0.269 e. The van der Waals surface area contributed by atoms with Gasteiger partial charge in [0.15, 0.2) is 11.6 Å². The predicted molar refractivity (Wildman–Crippen MR) is 117 cm³/mol. The lowest BCUT2D eigenvalue weighted by Gasteiger charge is -2.34.